The first-order chi connectivity index (χ1) is 17.4. The van der Waals surface area contributed by atoms with Gasteiger partial charge < -0.3 is 25.0 Å². The molecular formula is C26H29ClN4O4S. The first-order valence-corrected chi connectivity index (χ1v) is 13.0. The zero-order chi connectivity index (χ0) is 25.7. The standard InChI is InChI=1S/C26H29ClN4O4S/c1-3-14-35-26(34)31-13-5-4-6-21(31)23(25-28-16(2)22(15-32)36-25)30-24(33)20-12-11-19(29-20)17-7-9-18(27)10-8-17/h3,7-12,21,23,29,32H,1,4-6,13-15H2,2H3,(H,30,33). The van der Waals surface area contributed by atoms with Gasteiger partial charge in [0, 0.05) is 17.3 Å². The van der Waals surface area contributed by atoms with E-state index in [0.717, 1.165) is 29.0 Å². The molecule has 2 atom stereocenters. The van der Waals surface area contributed by atoms with E-state index in [0.29, 0.717) is 34.4 Å². The molecule has 190 valence electrons. The van der Waals surface area contributed by atoms with E-state index >= 15 is 0 Å². The molecule has 1 fully saturated rings. The van der Waals surface area contributed by atoms with Gasteiger partial charge in [0.25, 0.3) is 5.91 Å². The molecular weight excluding hydrogens is 500 g/mol. The van der Waals surface area contributed by atoms with Gasteiger partial charge in [-0.3, -0.25) is 4.79 Å². The Bertz CT molecular complexity index is 1220. The van der Waals surface area contributed by atoms with Crippen LogP contribution in [0.25, 0.3) is 11.3 Å². The third kappa shape index (κ3) is 5.80. The summed E-state index contributed by atoms with van der Waals surface area (Å²) in [6, 6.07) is 9.98. The van der Waals surface area contributed by atoms with Crippen LogP contribution >= 0.6 is 22.9 Å². The van der Waals surface area contributed by atoms with Crippen molar-refractivity contribution in [2.24, 2.45) is 0 Å². The maximum Gasteiger partial charge on any atom is 0.410 e. The molecule has 8 nitrogen and oxygen atoms in total. The van der Waals surface area contributed by atoms with Crippen LogP contribution in [0.2, 0.25) is 5.02 Å². The Kier molecular flexibility index (Phi) is 8.45. The zero-order valence-electron chi connectivity index (χ0n) is 20.0. The minimum atomic E-state index is -0.569. The molecule has 3 heterocycles. The number of benzene rings is 1. The summed E-state index contributed by atoms with van der Waals surface area (Å²) in [4.78, 5) is 36.4. The SMILES string of the molecule is C=CCOC(=O)N1CCCCC1C(NC(=O)c1ccc(-c2ccc(Cl)cc2)[nH]1)c1nc(C)c(CO)s1. The fourth-order valence-electron chi connectivity index (χ4n) is 4.34. The minimum Gasteiger partial charge on any atom is -0.445 e. The number of rotatable bonds is 8. The highest BCUT2D eigenvalue weighted by Crippen LogP contribution is 2.33. The van der Waals surface area contributed by atoms with E-state index in [9.17, 15) is 14.7 Å². The molecule has 1 aromatic carbocycles. The average molecular weight is 529 g/mol. The second-order valence-corrected chi connectivity index (χ2v) is 10.1. The molecule has 0 bridgehead atoms. The molecule has 0 aliphatic carbocycles. The third-order valence-corrected chi connectivity index (χ3v) is 7.66. The Labute approximate surface area is 219 Å². The van der Waals surface area contributed by atoms with E-state index < -0.39 is 12.1 Å². The number of piperidine rings is 1. The maximum atomic E-state index is 13.4. The Morgan fingerprint density at radius 1 is 1.33 bits per heavy atom. The summed E-state index contributed by atoms with van der Waals surface area (Å²) in [7, 11) is 0. The van der Waals surface area contributed by atoms with Crippen LogP contribution in [-0.2, 0) is 11.3 Å². The lowest BCUT2D eigenvalue weighted by molar-refractivity contribution is 0.0638. The second-order valence-electron chi connectivity index (χ2n) is 8.58. The summed E-state index contributed by atoms with van der Waals surface area (Å²) in [5, 5.41) is 14.1. The van der Waals surface area contributed by atoms with Gasteiger partial charge in [-0.05, 0) is 56.0 Å². The minimum absolute atomic E-state index is 0.111. The molecule has 0 radical (unpaired) electrons. The number of aryl methyl sites for hydroxylation is 1. The number of likely N-dealkylation sites (tertiary alicyclic amines) is 1. The Morgan fingerprint density at radius 3 is 2.81 bits per heavy atom. The van der Waals surface area contributed by atoms with Gasteiger partial charge in [0.05, 0.1) is 23.2 Å². The lowest BCUT2D eigenvalue weighted by Gasteiger charge is -2.39. The van der Waals surface area contributed by atoms with Crippen LogP contribution < -0.4 is 5.32 Å². The predicted molar refractivity (Wildman–Crippen MR) is 140 cm³/mol. The number of amides is 2. The van der Waals surface area contributed by atoms with Crippen LogP contribution in [0, 0.1) is 6.92 Å². The van der Waals surface area contributed by atoms with E-state index in [2.05, 4.69) is 21.9 Å². The number of aromatic amines is 1. The normalized spacial score (nSPS) is 16.4. The number of hydrogen-bond acceptors (Lipinski definition) is 6. The molecule has 1 aliphatic heterocycles. The molecule has 1 aliphatic rings. The molecule has 2 aromatic heterocycles. The summed E-state index contributed by atoms with van der Waals surface area (Å²) in [5.74, 6) is -0.316. The smallest absolute Gasteiger partial charge is 0.410 e. The number of ether oxygens (including phenoxy) is 1. The second kappa shape index (κ2) is 11.7. The number of carbonyl (C=O) groups is 2. The predicted octanol–water partition coefficient (Wildman–Crippen LogP) is 5.24. The van der Waals surface area contributed by atoms with Crippen LogP contribution in [0.3, 0.4) is 0 Å². The summed E-state index contributed by atoms with van der Waals surface area (Å²) >= 11 is 7.33. The van der Waals surface area contributed by atoms with E-state index in [1.807, 2.05) is 25.1 Å². The first kappa shape index (κ1) is 25.9. The van der Waals surface area contributed by atoms with Crippen molar-refractivity contribution in [3.63, 3.8) is 0 Å². The fraction of sp³-hybridized carbons (Fsp3) is 0.346. The van der Waals surface area contributed by atoms with E-state index in [-0.39, 0.29) is 25.2 Å². The number of aliphatic hydroxyl groups excluding tert-OH is 1. The highest BCUT2D eigenvalue weighted by molar-refractivity contribution is 7.11. The van der Waals surface area contributed by atoms with Crippen molar-refractivity contribution in [3.05, 3.63) is 75.3 Å². The molecule has 36 heavy (non-hydrogen) atoms. The lowest BCUT2D eigenvalue weighted by Crippen LogP contribution is -2.51. The van der Waals surface area contributed by atoms with Gasteiger partial charge in [-0.1, -0.05) is 36.4 Å². The zero-order valence-corrected chi connectivity index (χ0v) is 21.6. The number of thiazole rings is 1. The monoisotopic (exact) mass is 528 g/mol. The van der Waals surface area contributed by atoms with Gasteiger partial charge in [0.15, 0.2) is 0 Å². The Balaban J connectivity index is 1.62. The van der Waals surface area contributed by atoms with Crippen molar-refractivity contribution in [2.45, 2.75) is 44.9 Å². The molecule has 0 saturated carbocycles. The van der Waals surface area contributed by atoms with E-state index in [1.54, 1.807) is 23.1 Å². The molecule has 4 rings (SSSR count). The number of hydrogen-bond donors (Lipinski definition) is 3. The number of nitrogens with one attached hydrogen (secondary N) is 2. The number of aliphatic hydroxyl groups is 1. The quantitative estimate of drug-likeness (QED) is 0.346. The molecule has 3 N–H and O–H groups in total. The molecule has 2 unspecified atom stereocenters. The Morgan fingerprint density at radius 2 is 2.11 bits per heavy atom. The van der Waals surface area contributed by atoms with Gasteiger partial charge in [0.2, 0.25) is 0 Å². The van der Waals surface area contributed by atoms with Crippen molar-refractivity contribution in [3.8, 4) is 11.3 Å². The molecule has 2 amide bonds. The summed E-state index contributed by atoms with van der Waals surface area (Å²) < 4.78 is 5.33. The largest absolute Gasteiger partial charge is 0.445 e. The number of halogens is 1. The molecule has 1 saturated heterocycles. The van der Waals surface area contributed by atoms with Crippen molar-refractivity contribution < 1.29 is 19.4 Å². The molecule has 0 spiro atoms. The van der Waals surface area contributed by atoms with Gasteiger partial charge >= 0.3 is 6.09 Å². The lowest BCUT2D eigenvalue weighted by atomic mass is 9.96. The van der Waals surface area contributed by atoms with E-state index in [1.165, 1.54) is 17.4 Å². The van der Waals surface area contributed by atoms with Crippen LogP contribution in [0.15, 0.2) is 49.1 Å². The fourth-order valence-corrected chi connectivity index (χ4v) is 5.50. The Hall–Kier alpha value is -3.14. The number of carbonyl (C=O) groups excluding carboxylic acids is 2. The van der Waals surface area contributed by atoms with Crippen LogP contribution in [-0.4, -0.2) is 51.2 Å². The van der Waals surface area contributed by atoms with Gasteiger partial charge in [-0.2, -0.15) is 0 Å². The van der Waals surface area contributed by atoms with E-state index in [4.69, 9.17) is 16.3 Å². The van der Waals surface area contributed by atoms with Gasteiger partial charge in [0.1, 0.15) is 23.4 Å². The topological polar surface area (TPSA) is 108 Å². The highest BCUT2D eigenvalue weighted by Gasteiger charge is 2.37. The number of H-pyrrole nitrogens is 1. The summed E-state index contributed by atoms with van der Waals surface area (Å²) in [6.07, 6.45) is 3.52. The molecule has 3 aromatic rings. The number of nitrogens with zero attached hydrogens (tertiary/aromatic N) is 2. The number of aromatic nitrogens is 2. The van der Waals surface area contributed by atoms with Crippen molar-refractivity contribution in [1.29, 1.82) is 0 Å². The van der Waals surface area contributed by atoms with Crippen LogP contribution in [0.1, 0.15) is 51.4 Å². The average Bonchev–Trinajstić information content (AvgIpc) is 3.53. The first-order valence-electron chi connectivity index (χ1n) is 11.8. The van der Waals surface area contributed by atoms with Crippen LogP contribution in [0.4, 0.5) is 4.79 Å². The van der Waals surface area contributed by atoms with Gasteiger partial charge in [-0.15, -0.1) is 11.3 Å². The third-order valence-electron chi connectivity index (χ3n) is 6.18. The van der Waals surface area contributed by atoms with Gasteiger partial charge in [-0.25, -0.2) is 9.78 Å². The van der Waals surface area contributed by atoms with Crippen LogP contribution in [0.5, 0.6) is 0 Å². The van der Waals surface area contributed by atoms with Crippen molar-refractivity contribution in [1.82, 2.24) is 20.2 Å². The highest BCUT2D eigenvalue weighted by atomic mass is 35.5. The van der Waals surface area contributed by atoms with Crippen molar-refractivity contribution in [2.75, 3.05) is 13.2 Å². The maximum absolute atomic E-state index is 13.4. The summed E-state index contributed by atoms with van der Waals surface area (Å²) in [5.41, 5.74) is 2.78. The van der Waals surface area contributed by atoms with Crippen molar-refractivity contribution >= 4 is 34.9 Å². The summed E-state index contributed by atoms with van der Waals surface area (Å²) in [6.45, 7) is 5.93. The molecule has 10 heteroatoms.